The first-order valence-electron chi connectivity index (χ1n) is 11.4. The third kappa shape index (κ3) is 3.86. The maximum absolute atomic E-state index is 14.2. The van der Waals surface area contributed by atoms with Crippen LogP contribution in [0.5, 0.6) is 0 Å². The van der Waals surface area contributed by atoms with E-state index in [9.17, 15) is 14.0 Å². The van der Waals surface area contributed by atoms with Crippen LogP contribution in [-0.4, -0.2) is 46.5 Å². The molecule has 8 heteroatoms. The molecule has 2 aromatic heterocycles. The molecule has 1 saturated carbocycles. The van der Waals surface area contributed by atoms with Gasteiger partial charge in [0.1, 0.15) is 17.2 Å². The minimum Gasteiger partial charge on any atom is -0.469 e. The minimum atomic E-state index is -0.478. The van der Waals surface area contributed by atoms with E-state index in [1.54, 1.807) is 18.2 Å². The van der Waals surface area contributed by atoms with E-state index >= 15 is 0 Å². The number of hydrogen-bond donors (Lipinski definition) is 0. The van der Waals surface area contributed by atoms with Gasteiger partial charge in [-0.1, -0.05) is 17.7 Å². The second kappa shape index (κ2) is 8.08. The molecule has 3 aromatic rings. The second-order valence-corrected chi connectivity index (χ2v) is 10.7. The highest BCUT2D eigenvalue weighted by Crippen LogP contribution is 2.53. The summed E-state index contributed by atoms with van der Waals surface area (Å²) in [6.45, 7) is 7.46. The number of ether oxygens (including phenoxy) is 1. The standard InChI is InChI=1S/C26H27ClFN3O3/c1-26(2,3)31-13-17(14-5-7-20(27)21(28)9-14)15-6-8-22(29-24(15)31)25(33)30-11-18-16(19(18)12-30)10-23(32)34-4/h5-9,13,16,18-19H,10-12H2,1-4H3/t16?,18-,19+. The van der Waals surface area contributed by atoms with Crippen molar-refractivity contribution in [1.29, 1.82) is 0 Å². The number of hydrogen-bond acceptors (Lipinski definition) is 4. The topological polar surface area (TPSA) is 64.4 Å². The van der Waals surface area contributed by atoms with Gasteiger partial charge >= 0.3 is 5.97 Å². The van der Waals surface area contributed by atoms with E-state index < -0.39 is 5.82 Å². The van der Waals surface area contributed by atoms with Crippen LogP contribution in [0.2, 0.25) is 5.02 Å². The molecule has 1 aliphatic carbocycles. The van der Waals surface area contributed by atoms with Crippen LogP contribution in [0.1, 0.15) is 37.7 Å². The van der Waals surface area contributed by atoms with Crippen molar-refractivity contribution in [1.82, 2.24) is 14.5 Å². The third-order valence-electron chi connectivity index (χ3n) is 7.11. The van der Waals surface area contributed by atoms with E-state index in [2.05, 4.69) is 20.8 Å². The molecule has 3 heterocycles. The number of pyridine rings is 1. The summed E-state index contributed by atoms with van der Waals surface area (Å²) in [7, 11) is 1.40. The number of nitrogens with zero attached hydrogens (tertiary/aromatic N) is 3. The number of esters is 1. The molecule has 0 radical (unpaired) electrons. The Morgan fingerprint density at radius 1 is 1.18 bits per heavy atom. The monoisotopic (exact) mass is 483 g/mol. The van der Waals surface area contributed by atoms with Crippen LogP contribution in [0.4, 0.5) is 4.39 Å². The van der Waals surface area contributed by atoms with Crippen LogP contribution in [0, 0.1) is 23.6 Å². The quantitative estimate of drug-likeness (QED) is 0.482. The van der Waals surface area contributed by atoms with Crippen LogP contribution in [0.15, 0.2) is 36.5 Å². The molecule has 1 amide bonds. The lowest BCUT2D eigenvalue weighted by Crippen LogP contribution is -2.32. The predicted molar refractivity (Wildman–Crippen MR) is 128 cm³/mol. The number of benzene rings is 1. The molecular weight excluding hydrogens is 457 g/mol. The van der Waals surface area contributed by atoms with Crippen molar-refractivity contribution in [3.8, 4) is 11.1 Å². The summed E-state index contributed by atoms with van der Waals surface area (Å²) in [5, 5.41) is 0.919. The van der Waals surface area contributed by atoms with Crippen molar-refractivity contribution in [2.45, 2.75) is 32.7 Å². The Morgan fingerprint density at radius 3 is 2.50 bits per heavy atom. The number of halogens is 2. The molecule has 0 bridgehead atoms. The molecule has 0 spiro atoms. The van der Waals surface area contributed by atoms with Crippen LogP contribution >= 0.6 is 11.6 Å². The van der Waals surface area contributed by atoms with Gasteiger partial charge in [0.25, 0.3) is 5.91 Å². The van der Waals surface area contributed by atoms with Gasteiger partial charge in [-0.25, -0.2) is 9.37 Å². The van der Waals surface area contributed by atoms with Gasteiger partial charge in [-0.15, -0.1) is 0 Å². The lowest BCUT2D eigenvalue weighted by molar-refractivity contribution is -0.141. The maximum Gasteiger partial charge on any atom is 0.305 e. The fourth-order valence-electron chi connectivity index (χ4n) is 5.18. The largest absolute Gasteiger partial charge is 0.469 e. The molecule has 1 saturated heterocycles. The Balaban J connectivity index is 1.45. The van der Waals surface area contributed by atoms with Crippen molar-refractivity contribution >= 4 is 34.5 Å². The van der Waals surface area contributed by atoms with E-state index in [4.69, 9.17) is 21.3 Å². The molecule has 6 nitrogen and oxygen atoms in total. The average Bonchev–Trinajstić information content (AvgIpc) is 3.15. The summed E-state index contributed by atoms with van der Waals surface area (Å²) < 4.78 is 21.0. The number of rotatable bonds is 4. The number of amides is 1. The Labute approximate surface area is 202 Å². The third-order valence-corrected chi connectivity index (χ3v) is 7.42. The number of carbonyl (C=O) groups excluding carboxylic acids is 2. The summed E-state index contributed by atoms with van der Waals surface area (Å²) in [5.74, 6) is 0.254. The van der Waals surface area contributed by atoms with Crippen LogP contribution in [-0.2, 0) is 15.1 Å². The highest BCUT2D eigenvalue weighted by atomic mass is 35.5. The Morgan fingerprint density at radius 2 is 1.88 bits per heavy atom. The first-order chi connectivity index (χ1) is 16.1. The van der Waals surface area contributed by atoms with Crippen molar-refractivity contribution in [3.63, 3.8) is 0 Å². The van der Waals surface area contributed by atoms with E-state index in [0.717, 1.165) is 10.9 Å². The Bertz CT molecular complexity index is 1300. The Hall–Kier alpha value is -2.93. The molecule has 5 rings (SSSR count). The molecular formula is C26H27ClFN3O3. The number of likely N-dealkylation sites (tertiary alicyclic amines) is 1. The number of methoxy groups -OCH3 is 1. The van der Waals surface area contributed by atoms with Crippen LogP contribution in [0.25, 0.3) is 22.2 Å². The van der Waals surface area contributed by atoms with E-state index in [1.165, 1.54) is 13.2 Å². The average molecular weight is 484 g/mol. The molecule has 0 N–H and O–H groups in total. The fraction of sp³-hybridized carbons (Fsp3) is 0.423. The van der Waals surface area contributed by atoms with Gasteiger partial charge in [0.2, 0.25) is 0 Å². The second-order valence-electron chi connectivity index (χ2n) is 10.3. The summed E-state index contributed by atoms with van der Waals surface area (Å²) in [6.07, 6.45) is 2.38. The number of piperidine rings is 1. The number of aromatic nitrogens is 2. The number of carbonyl (C=O) groups is 2. The maximum atomic E-state index is 14.2. The molecule has 2 fully saturated rings. The van der Waals surface area contributed by atoms with E-state index in [1.807, 2.05) is 21.7 Å². The summed E-state index contributed by atoms with van der Waals surface area (Å²) in [6, 6.07) is 8.38. The zero-order chi connectivity index (χ0) is 24.4. The zero-order valence-corrected chi connectivity index (χ0v) is 20.4. The first kappa shape index (κ1) is 22.8. The molecule has 1 aliphatic heterocycles. The molecule has 1 aromatic carbocycles. The van der Waals surface area contributed by atoms with Gasteiger partial charge in [-0.2, -0.15) is 0 Å². The highest BCUT2D eigenvalue weighted by Gasteiger charge is 2.57. The first-order valence-corrected chi connectivity index (χ1v) is 11.8. The lowest BCUT2D eigenvalue weighted by Gasteiger charge is -2.23. The van der Waals surface area contributed by atoms with Gasteiger partial charge in [-0.3, -0.25) is 9.59 Å². The van der Waals surface area contributed by atoms with Crippen LogP contribution in [0.3, 0.4) is 0 Å². The lowest BCUT2D eigenvalue weighted by atomic mass is 10.1. The molecule has 2 aliphatic rings. The minimum absolute atomic E-state index is 0.0757. The summed E-state index contributed by atoms with van der Waals surface area (Å²) in [5.41, 5.74) is 2.30. The van der Waals surface area contributed by atoms with Gasteiger partial charge in [0.05, 0.1) is 12.1 Å². The van der Waals surface area contributed by atoms with Crippen molar-refractivity contribution in [2.24, 2.45) is 17.8 Å². The van der Waals surface area contributed by atoms with Gasteiger partial charge in [-0.05, 0) is 68.4 Å². The van der Waals surface area contributed by atoms with Gasteiger partial charge < -0.3 is 14.2 Å². The zero-order valence-electron chi connectivity index (χ0n) is 19.6. The Kier molecular flexibility index (Phi) is 5.43. The van der Waals surface area contributed by atoms with Gasteiger partial charge in [0.15, 0.2) is 0 Å². The molecule has 3 atom stereocenters. The predicted octanol–water partition coefficient (Wildman–Crippen LogP) is 5.13. The van der Waals surface area contributed by atoms with Gasteiger partial charge in [0, 0.05) is 42.2 Å². The number of fused-ring (bicyclic) bond motifs is 2. The van der Waals surface area contributed by atoms with E-state index in [0.29, 0.717) is 54.2 Å². The smallest absolute Gasteiger partial charge is 0.305 e. The molecule has 1 unspecified atom stereocenters. The molecule has 34 heavy (non-hydrogen) atoms. The normalized spacial score (nSPS) is 21.6. The summed E-state index contributed by atoms with van der Waals surface area (Å²) in [4.78, 5) is 31.4. The van der Waals surface area contributed by atoms with Crippen molar-refractivity contribution in [2.75, 3.05) is 20.2 Å². The summed E-state index contributed by atoms with van der Waals surface area (Å²) >= 11 is 5.88. The van der Waals surface area contributed by atoms with Crippen LogP contribution < -0.4 is 0 Å². The van der Waals surface area contributed by atoms with E-state index in [-0.39, 0.29) is 22.4 Å². The van der Waals surface area contributed by atoms with Crippen molar-refractivity contribution in [3.05, 3.63) is 53.1 Å². The van der Waals surface area contributed by atoms with Crippen molar-refractivity contribution < 1.29 is 18.7 Å². The highest BCUT2D eigenvalue weighted by molar-refractivity contribution is 6.30. The fourth-order valence-corrected chi connectivity index (χ4v) is 5.30. The SMILES string of the molecule is COC(=O)CC1[C@H]2CN(C(=O)c3ccc4c(-c5ccc(Cl)c(F)c5)cn(C(C)(C)C)c4n3)C[C@@H]12. The molecule has 178 valence electrons.